The number of carbonyl (C=O) groups excluding carboxylic acids is 1. The number of nitrogens with one attached hydrogen (secondary N) is 3. The fourth-order valence-electron chi connectivity index (χ4n) is 3.45. The number of fused-ring (bicyclic) bond motifs is 1. The second-order valence-corrected chi connectivity index (χ2v) is 9.50. The van der Waals surface area contributed by atoms with Crippen molar-refractivity contribution in [2.45, 2.75) is 30.2 Å². The van der Waals surface area contributed by atoms with Gasteiger partial charge in [-0.25, -0.2) is 8.42 Å². The first kappa shape index (κ1) is 24.9. The van der Waals surface area contributed by atoms with Crippen LogP contribution in [0.15, 0.2) is 71.6 Å². The molecule has 1 atom stereocenters. The lowest BCUT2D eigenvalue weighted by atomic mass is 10.0. The summed E-state index contributed by atoms with van der Waals surface area (Å²) >= 11 is 0. The maximum atomic E-state index is 13.2. The Morgan fingerprint density at radius 1 is 1.00 bits per heavy atom. The van der Waals surface area contributed by atoms with Crippen LogP contribution in [0.4, 0.5) is 0 Å². The van der Waals surface area contributed by atoms with Gasteiger partial charge in [0, 0.05) is 18.5 Å². The number of hydrogen-bond donors (Lipinski definition) is 5. The minimum absolute atomic E-state index is 0.0126. The van der Waals surface area contributed by atoms with E-state index < -0.39 is 27.9 Å². The average molecular weight is 483 g/mol. The van der Waals surface area contributed by atoms with Crippen molar-refractivity contribution >= 4 is 38.5 Å². The van der Waals surface area contributed by atoms with E-state index in [-0.39, 0.29) is 36.5 Å². The molecule has 9 nitrogen and oxygen atoms in total. The van der Waals surface area contributed by atoms with E-state index in [0.717, 1.165) is 10.8 Å². The molecule has 0 unspecified atom stereocenters. The van der Waals surface area contributed by atoms with Gasteiger partial charge in [-0.3, -0.25) is 15.0 Å². The van der Waals surface area contributed by atoms with Gasteiger partial charge in [-0.05, 0) is 47.4 Å². The third-order valence-electron chi connectivity index (χ3n) is 5.19. The van der Waals surface area contributed by atoms with Gasteiger partial charge in [0.05, 0.1) is 4.90 Å². The minimum Gasteiger partial charge on any atom is -0.481 e. The zero-order chi connectivity index (χ0) is 24.7. The number of nitrogens with two attached hydrogens (primary N) is 1. The predicted molar refractivity (Wildman–Crippen MR) is 129 cm³/mol. The Balaban J connectivity index is 1.85. The first-order valence-corrected chi connectivity index (χ1v) is 12.1. The second kappa shape index (κ2) is 10.9. The van der Waals surface area contributed by atoms with Crippen molar-refractivity contribution in [1.29, 1.82) is 5.41 Å². The number of carboxylic acids is 1. The molecule has 0 saturated carbocycles. The van der Waals surface area contributed by atoms with E-state index in [1.165, 1.54) is 12.1 Å². The SMILES string of the molecule is N=C(N)c1cccc(C[C@H](NS(=O)(=O)c2ccc3ccccc3c2)C(=O)NCCCC(=O)O)c1. The summed E-state index contributed by atoms with van der Waals surface area (Å²) in [5.74, 6) is -1.71. The number of aliphatic carboxylic acids is 1. The highest BCUT2D eigenvalue weighted by Crippen LogP contribution is 2.19. The summed E-state index contributed by atoms with van der Waals surface area (Å²) in [6.45, 7) is 0.0901. The van der Waals surface area contributed by atoms with E-state index >= 15 is 0 Å². The summed E-state index contributed by atoms with van der Waals surface area (Å²) in [6, 6.07) is 17.5. The number of hydrogen-bond acceptors (Lipinski definition) is 5. The fraction of sp³-hybridized carbons (Fsp3) is 0.208. The zero-order valence-electron chi connectivity index (χ0n) is 18.3. The monoisotopic (exact) mass is 482 g/mol. The first-order chi connectivity index (χ1) is 16.2. The Labute approximate surface area is 197 Å². The van der Waals surface area contributed by atoms with Crippen molar-refractivity contribution in [3.8, 4) is 0 Å². The maximum Gasteiger partial charge on any atom is 0.303 e. The number of carboxylic acid groups (broad SMARTS) is 1. The normalized spacial score (nSPS) is 12.2. The summed E-state index contributed by atoms with van der Waals surface area (Å²) < 4.78 is 28.8. The van der Waals surface area contributed by atoms with E-state index in [0.29, 0.717) is 11.1 Å². The Hall–Kier alpha value is -3.76. The van der Waals surface area contributed by atoms with Crippen molar-refractivity contribution in [1.82, 2.24) is 10.0 Å². The molecule has 0 radical (unpaired) electrons. The molecule has 3 rings (SSSR count). The molecular weight excluding hydrogens is 456 g/mol. The molecule has 0 aliphatic rings. The first-order valence-electron chi connectivity index (χ1n) is 10.6. The van der Waals surface area contributed by atoms with Crippen LogP contribution in [-0.4, -0.2) is 43.8 Å². The number of rotatable bonds is 11. The number of amidine groups is 1. The molecule has 0 heterocycles. The van der Waals surface area contributed by atoms with Gasteiger partial charge in [-0.15, -0.1) is 0 Å². The molecule has 1 amide bonds. The van der Waals surface area contributed by atoms with Gasteiger partial charge in [0.25, 0.3) is 0 Å². The molecule has 3 aromatic carbocycles. The molecule has 0 fully saturated rings. The van der Waals surface area contributed by atoms with Crippen LogP contribution in [0.2, 0.25) is 0 Å². The van der Waals surface area contributed by atoms with Crippen molar-refractivity contribution in [2.75, 3.05) is 6.54 Å². The maximum absolute atomic E-state index is 13.2. The Morgan fingerprint density at radius 3 is 2.44 bits per heavy atom. The van der Waals surface area contributed by atoms with E-state index in [1.807, 2.05) is 18.2 Å². The van der Waals surface area contributed by atoms with E-state index in [9.17, 15) is 18.0 Å². The molecule has 6 N–H and O–H groups in total. The van der Waals surface area contributed by atoms with Gasteiger partial charge in [0.1, 0.15) is 11.9 Å². The standard InChI is InChI=1S/C24H26N4O5S/c25-23(26)19-8-3-5-16(13-19)14-21(24(31)27-12-4-9-22(29)30)28-34(32,33)20-11-10-17-6-1-2-7-18(17)15-20/h1-3,5-8,10-11,13,15,21,28H,4,9,12,14H2,(H3,25,26)(H,27,31)(H,29,30)/t21-/m0/s1. The lowest BCUT2D eigenvalue weighted by Gasteiger charge is -2.19. The lowest BCUT2D eigenvalue weighted by molar-refractivity contribution is -0.137. The molecule has 0 aliphatic carbocycles. The van der Waals surface area contributed by atoms with Crippen molar-refractivity contribution < 1.29 is 23.1 Å². The average Bonchev–Trinajstić information content (AvgIpc) is 2.81. The number of amides is 1. The fourth-order valence-corrected chi connectivity index (χ4v) is 4.68. The Kier molecular flexibility index (Phi) is 7.98. The molecular formula is C24H26N4O5S. The highest BCUT2D eigenvalue weighted by Gasteiger charge is 2.26. The number of carbonyl (C=O) groups is 2. The highest BCUT2D eigenvalue weighted by atomic mass is 32.2. The Bertz CT molecular complexity index is 1320. The van der Waals surface area contributed by atoms with Crippen molar-refractivity contribution in [3.63, 3.8) is 0 Å². The van der Waals surface area contributed by atoms with Crippen LogP contribution in [0.1, 0.15) is 24.0 Å². The molecule has 0 aromatic heterocycles. The predicted octanol–water partition coefficient (Wildman–Crippen LogP) is 1.99. The smallest absolute Gasteiger partial charge is 0.303 e. The van der Waals surface area contributed by atoms with Crippen LogP contribution in [0.25, 0.3) is 10.8 Å². The largest absolute Gasteiger partial charge is 0.481 e. The van der Waals surface area contributed by atoms with Crippen LogP contribution in [-0.2, 0) is 26.0 Å². The van der Waals surface area contributed by atoms with Crippen LogP contribution in [0, 0.1) is 5.41 Å². The molecule has 3 aromatic rings. The number of nitrogen functional groups attached to an aromatic ring is 1. The highest BCUT2D eigenvalue weighted by molar-refractivity contribution is 7.89. The lowest BCUT2D eigenvalue weighted by Crippen LogP contribution is -2.48. The summed E-state index contributed by atoms with van der Waals surface area (Å²) in [6.07, 6.45) is 0.109. The molecule has 10 heteroatoms. The van der Waals surface area contributed by atoms with Gasteiger partial charge in [-0.1, -0.05) is 48.5 Å². The topological polar surface area (TPSA) is 162 Å². The Morgan fingerprint density at radius 2 is 1.74 bits per heavy atom. The molecule has 0 aliphatic heterocycles. The van der Waals surface area contributed by atoms with Crippen LogP contribution >= 0.6 is 0 Å². The third-order valence-corrected chi connectivity index (χ3v) is 6.66. The number of benzene rings is 3. The summed E-state index contributed by atoms with van der Waals surface area (Å²) in [7, 11) is -4.06. The second-order valence-electron chi connectivity index (χ2n) is 7.79. The molecule has 0 saturated heterocycles. The van der Waals surface area contributed by atoms with Gasteiger partial charge in [-0.2, -0.15) is 4.72 Å². The number of sulfonamides is 1. The summed E-state index contributed by atoms with van der Waals surface area (Å²) in [5.41, 5.74) is 6.61. The van der Waals surface area contributed by atoms with Crippen LogP contribution in [0.5, 0.6) is 0 Å². The van der Waals surface area contributed by atoms with E-state index in [2.05, 4.69) is 10.0 Å². The summed E-state index contributed by atoms with van der Waals surface area (Å²) in [5, 5.41) is 20.6. The van der Waals surface area contributed by atoms with Gasteiger partial charge >= 0.3 is 5.97 Å². The molecule has 178 valence electrons. The third kappa shape index (κ3) is 6.63. The van der Waals surface area contributed by atoms with E-state index in [4.69, 9.17) is 16.2 Å². The van der Waals surface area contributed by atoms with Crippen LogP contribution in [0.3, 0.4) is 0 Å². The quantitative estimate of drug-likeness (QED) is 0.159. The zero-order valence-corrected chi connectivity index (χ0v) is 19.1. The molecule has 0 bridgehead atoms. The van der Waals surface area contributed by atoms with E-state index in [1.54, 1.807) is 36.4 Å². The van der Waals surface area contributed by atoms with Crippen molar-refractivity contribution in [2.24, 2.45) is 5.73 Å². The van der Waals surface area contributed by atoms with Crippen molar-refractivity contribution in [3.05, 3.63) is 77.9 Å². The molecule has 34 heavy (non-hydrogen) atoms. The minimum atomic E-state index is -4.06. The van der Waals surface area contributed by atoms with Gasteiger partial charge < -0.3 is 16.2 Å². The molecule has 0 spiro atoms. The van der Waals surface area contributed by atoms with Gasteiger partial charge in [0.15, 0.2) is 0 Å². The summed E-state index contributed by atoms with van der Waals surface area (Å²) in [4.78, 5) is 23.6. The van der Waals surface area contributed by atoms with Gasteiger partial charge in [0.2, 0.25) is 15.9 Å². The van der Waals surface area contributed by atoms with Crippen LogP contribution < -0.4 is 15.8 Å².